The lowest BCUT2D eigenvalue weighted by atomic mass is 10.1. The average Bonchev–Trinajstić information content (AvgIpc) is 2.70. The second-order valence-corrected chi connectivity index (χ2v) is 14.0. The molecule has 2 rings (SSSR count). The Morgan fingerprint density at radius 2 is 1.12 bits per heavy atom. The van der Waals surface area contributed by atoms with Crippen molar-refractivity contribution in [3.8, 4) is 0 Å². The van der Waals surface area contributed by atoms with Crippen molar-refractivity contribution < 1.29 is 28.6 Å². The van der Waals surface area contributed by atoms with Gasteiger partial charge in [0.05, 0.1) is 17.7 Å². The highest BCUT2D eigenvalue weighted by Crippen LogP contribution is 2.32. The van der Waals surface area contributed by atoms with Crippen molar-refractivity contribution in [3.05, 3.63) is 56.8 Å². The third-order valence-electron chi connectivity index (χ3n) is 4.38. The van der Waals surface area contributed by atoms with Crippen molar-refractivity contribution in [1.82, 2.24) is 0 Å². The fourth-order valence-corrected chi connectivity index (χ4v) is 10.9. The first-order valence-electron chi connectivity index (χ1n) is 9.88. The van der Waals surface area contributed by atoms with Crippen LogP contribution in [0.3, 0.4) is 0 Å². The third-order valence-corrected chi connectivity index (χ3v) is 9.03. The Morgan fingerprint density at radius 1 is 0.735 bits per heavy atom. The minimum absolute atomic E-state index is 0.0190. The molecule has 0 atom stereocenters. The van der Waals surface area contributed by atoms with Gasteiger partial charge in [0.25, 0.3) is 0 Å². The van der Waals surface area contributed by atoms with Crippen LogP contribution in [-0.4, -0.2) is 30.3 Å². The minimum Gasteiger partial charge on any atom is -0.460 e. The SMILES string of the molecule is CCCCC(OC(=O)c1c(I)cc(I)cc1I)(OC(=O)c1c(I)cc(I)cc1I)C(=O)OCC. The molecule has 0 fully saturated rings. The molecule has 0 aliphatic carbocycles. The quantitative estimate of drug-likeness (QED) is 0.145. The van der Waals surface area contributed by atoms with E-state index in [1.807, 2.05) is 31.2 Å². The van der Waals surface area contributed by atoms with E-state index in [9.17, 15) is 14.4 Å². The van der Waals surface area contributed by atoms with Gasteiger partial charge in [-0.2, -0.15) is 0 Å². The molecule has 0 aromatic heterocycles. The molecular weight excluding hydrogens is 1120 g/mol. The van der Waals surface area contributed by atoms with Crippen LogP contribution in [-0.2, 0) is 19.0 Å². The van der Waals surface area contributed by atoms with Crippen LogP contribution in [0.1, 0.15) is 53.8 Å². The summed E-state index contributed by atoms with van der Waals surface area (Å²) >= 11 is 12.5. The van der Waals surface area contributed by atoms with Crippen molar-refractivity contribution in [2.75, 3.05) is 6.61 Å². The summed E-state index contributed by atoms with van der Waals surface area (Å²) in [6.07, 6.45) is 1.14. The molecular formula is C22H18I6O6. The molecule has 0 N–H and O–H groups in total. The summed E-state index contributed by atoms with van der Waals surface area (Å²) in [4.78, 5) is 39.9. The lowest BCUT2D eigenvalue weighted by Crippen LogP contribution is -2.49. The number of hydrogen-bond acceptors (Lipinski definition) is 6. The largest absolute Gasteiger partial charge is 0.460 e. The maximum absolute atomic E-state index is 13.3. The molecule has 2 aromatic rings. The van der Waals surface area contributed by atoms with Crippen LogP contribution in [0, 0.1) is 21.4 Å². The van der Waals surface area contributed by atoms with Crippen LogP contribution in [0.2, 0.25) is 0 Å². The number of halogens is 6. The highest BCUT2D eigenvalue weighted by molar-refractivity contribution is 14.1. The third kappa shape index (κ3) is 8.11. The molecule has 0 spiro atoms. The van der Waals surface area contributed by atoms with Gasteiger partial charge < -0.3 is 14.2 Å². The van der Waals surface area contributed by atoms with E-state index in [1.165, 1.54) is 0 Å². The van der Waals surface area contributed by atoms with Crippen LogP contribution in [0.15, 0.2) is 24.3 Å². The van der Waals surface area contributed by atoms with E-state index in [4.69, 9.17) is 14.2 Å². The van der Waals surface area contributed by atoms with E-state index >= 15 is 0 Å². The summed E-state index contributed by atoms with van der Waals surface area (Å²) in [5.74, 6) is -4.62. The predicted octanol–water partition coefficient (Wildman–Crippen LogP) is 7.78. The van der Waals surface area contributed by atoms with Gasteiger partial charge in [-0.1, -0.05) is 13.3 Å². The van der Waals surface area contributed by atoms with Gasteiger partial charge in [-0.3, -0.25) is 0 Å². The normalized spacial score (nSPS) is 11.2. The molecule has 12 heteroatoms. The molecule has 0 unspecified atom stereocenters. The minimum atomic E-state index is -2.20. The van der Waals surface area contributed by atoms with Gasteiger partial charge in [-0.05, 0) is 173 Å². The molecule has 0 aliphatic rings. The predicted molar refractivity (Wildman–Crippen MR) is 179 cm³/mol. The van der Waals surface area contributed by atoms with Crippen molar-refractivity contribution in [2.24, 2.45) is 0 Å². The smallest absolute Gasteiger partial charge is 0.393 e. The molecule has 6 nitrogen and oxygen atoms in total. The molecule has 0 heterocycles. The lowest BCUT2D eigenvalue weighted by Gasteiger charge is -2.31. The zero-order chi connectivity index (χ0) is 25.6. The van der Waals surface area contributed by atoms with Crippen LogP contribution in [0.4, 0.5) is 0 Å². The molecule has 0 bridgehead atoms. The summed E-state index contributed by atoms with van der Waals surface area (Å²) in [6.45, 7) is 3.61. The molecule has 184 valence electrons. The Hall–Kier alpha value is 1.23. The first-order chi connectivity index (χ1) is 16.0. The first kappa shape index (κ1) is 31.4. The Kier molecular flexibility index (Phi) is 13.3. The number of unbranched alkanes of at least 4 members (excludes halogenated alkanes) is 1. The molecule has 0 radical (unpaired) electrons. The Balaban J connectivity index is 2.56. The van der Waals surface area contributed by atoms with Crippen molar-refractivity contribution in [2.45, 2.75) is 38.9 Å². The maximum atomic E-state index is 13.3. The fraction of sp³-hybridized carbons (Fsp3) is 0.318. The molecule has 0 saturated heterocycles. The fourth-order valence-electron chi connectivity index (χ4n) is 2.83. The van der Waals surface area contributed by atoms with Crippen molar-refractivity contribution >= 4 is 153 Å². The van der Waals surface area contributed by atoms with Gasteiger partial charge in [0.2, 0.25) is 0 Å². The van der Waals surface area contributed by atoms with E-state index < -0.39 is 23.7 Å². The van der Waals surface area contributed by atoms with E-state index in [-0.39, 0.29) is 13.0 Å². The summed E-state index contributed by atoms with van der Waals surface area (Å²) < 4.78 is 21.3. The van der Waals surface area contributed by atoms with Crippen LogP contribution in [0.25, 0.3) is 0 Å². The molecule has 0 amide bonds. The molecule has 0 aliphatic heterocycles. The van der Waals surface area contributed by atoms with Gasteiger partial charge in [-0.15, -0.1) is 0 Å². The van der Waals surface area contributed by atoms with Crippen LogP contribution >= 0.6 is 136 Å². The maximum Gasteiger partial charge on any atom is 0.393 e. The summed E-state index contributed by atoms with van der Waals surface area (Å²) in [5, 5.41) is 0. The van der Waals surface area contributed by atoms with E-state index in [2.05, 4.69) is 136 Å². The zero-order valence-electron chi connectivity index (χ0n) is 17.9. The molecule has 0 saturated carbocycles. The number of carbonyl (C=O) groups is 3. The second kappa shape index (κ2) is 14.4. The zero-order valence-corrected chi connectivity index (χ0v) is 30.8. The number of carbonyl (C=O) groups excluding carboxylic acids is 3. The average molecular weight is 1140 g/mol. The first-order valence-corrected chi connectivity index (χ1v) is 16.4. The number of hydrogen-bond donors (Lipinski definition) is 0. The highest BCUT2D eigenvalue weighted by atomic mass is 127. The van der Waals surface area contributed by atoms with Crippen LogP contribution < -0.4 is 0 Å². The molecule has 2 aromatic carbocycles. The van der Waals surface area contributed by atoms with Gasteiger partial charge in [0, 0.05) is 27.8 Å². The second-order valence-electron chi connectivity index (χ2n) is 6.84. The topological polar surface area (TPSA) is 78.9 Å². The monoisotopic (exact) mass is 1140 g/mol. The summed E-state index contributed by atoms with van der Waals surface area (Å²) in [7, 11) is 0. The highest BCUT2D eigenvalue weighted by Gasteiger charge is 2.49. The lowest BCUT2D eigenvalue weighted by molar-refractivity contribution is -0.212. The number of benzene rings is 2. The van der Waals surface area contributed by atoms with Crippen molar-refractivity contribution in [3.63, 3.8) is 0 Å². The summed E-state index contributed by atoms with van der Waals surface area (Å²) in [6, 6.07) is 7.33. The van der Waals surface area contributed by atoms with Crippen LogP contribution in [0.5, 0.6) is 0 Å². The Labute approximate surface area is 280 Å². The standard InChI is InChI=1S/C22H18I6O6/c1-3-5-6-22(21(31)32-4-2,33-19(29)17-13(25)7-11(23)8-14(17)26)34-20(30)18-15(27)9-12(24)10-16(18)28/h7-10H,3-6H2,1-2H3. The number of ether oxygens (including phenoxy) is 3. The Bertz CT molecular complexity index is 986. The van der Waals surface area contributed by atoms with Gasteiger partial charge >= 0.3 is 23.7 Å². The van der Waals surface area contributed by atoms with E-state index in [0.29, 0.717) is 38.2 Å². The van der Waals surface area contributed by atoms with Gasteiger partial charge in [-0.25, -0.2) is 14.4 Å². The number of esters is 3. The van der Waals surface area contributed by atoms with Crippen molar-refractivity contribution in [1.29, 1.82) is 0 Å². The summed E-state index contributed by atoms with van der Waals surface area (Å²) in [5.41, 5.74) is 0.613. The number of rotatable bonds is 9. The van der Waals surface area contributed by atoms with Gasteiger partial charge in [0.1, 0.15) is 0 Å². The molecule has 34 heavy (non-hydrogen) atoms. The Morgan fingerprint density at radius 3 is 1.44 bits per heavy atom. The van der Waals surface area contributed by atoms with E-state index in [0.717, 1.165) is 7.14 Å². The van der Waals surface area contributed by atoms with E-state index in [1.54, 1.807) is 6.92 Å². The van der Waals surface area contributed by atoms with Gasteiger partial charge in [0.15, 0.2) is 0 Å².